The maximum absolute atomic E-state index is 14.4. The van der Waals surface area contributed by atoms with Crippen molar-refractivity contribution in [3.63, 3.8) is 0 Å². The highest BCUT2D eigenvalue weighted by atomic mass is 19.1. The summed E-state index contributed by atoms with van der Waals surface area (Å²) in [5.74, 6) is -0.541. The van der Waals surface area contributed by atoms with E-state index in [2.05, 4.69) is 0 Å². The average molecular weight is 368 g/mol. The molecule has 27 heavy (non-hydrogen) atoms. The number of piperazine rings is 1. The van der Waals surface area contributed by atoms with Gasteiger partial charge in [-0.3, -0.25) is 9.59 Å². The van der Waals surface area contributed by atoms with Crippen LogP contribution in [0, 0.1) is 5.82 Å². The Morgan fingerprint density at radius 1 is 1.04 bits per heavy atom. The molecule has 1 amide bonds. The van der Waals surface area contributed by atoms with Crippen LogP contribution in [0.4, 0.5) is 10.1 Å². The van der Waals surface area contributed by atoms with E-state index in [0.717, 1.165) is 12.0 Å². The number of hydrogen-bond donors (Lipinski definition) is 0. The van der Waals surface area contributed by atoms with Gasteiger partial charge in [-0.2, -0.15) is 0 Å². The maximum atomic E-state index is 14.4. The number of rotatable bonds is 5. The van der Waals surface area contributed by atoms with Gasteiger partial charge in [-0.25, -0.2) is 4.39 Å². The molecule has 1 fully saturated rings. The zero-order valence-electron chi connectivity index (χ0n) is 15.8. The van der Waals surface area contributed by atoms with E-state index in [1.165, 1.54) is 13.0 Å². The number of benzene rings is 2. The summed E-state index contributed by atoms with van der Waals surface area (Å²) >= 11 is 0. The zero-order valence-corrected chi connectivity index (χ0v) is 15.8. The second-order valence-corrected chi connectivity index (χ2v) is 6.91. The average Bonchev–Trinajstić information content (AvgIpc) is 2.69. The van der Waals surface area contributed by atoms with E-state index in [-0.39, 0.29) is 17.6 Å². The van der Waals surface area contributed by atoms with Crippen LogP contribution >= 0.6 is 0 Å². The highest BCUT2D eigenvalue weighted by molar-refractivity contribution is 5.94. The Balaban J connectivity index is 1.66. The number of carbonyl (C=O) groups is 2. The lowest BCUT2D eigenvalue weighted by molar-refractivity contribution is -0.133. The van der Waals surface area contributed by atoms with Crippen molar-refractivity contribution in [2.75, 3.05) is 31.1 Å². The Morgan fingerprint density at radius 2 is 1.70 bits per heavy atom. The topological polar surface area (TPSA) is 40.6 Å². The molecule has 142 valence electrons. The lowest BCUT2D eigenvalue weighted by atomic mass is 9.95. The number of Topliss-reactive ketones (excluding diaryl/α,β-unsaturated/α-hetero) is 1. The van der Waals surface area contributed by atoms with Crippen molar-refractivity contribution in [2.24, 2.45) is 0 Å². The molecule has 0 spiro atoms. The Kier molecular flexibility index (Phi) is 5.89. The van der Waals surface area contributed by atoms with Gasteiger partial charge >= 0.3 is 0 Å². The standard InChI is InChI=1S/C22H25FN2O2/c1-3-19(17-7-5-4-6-8-17)22(27)25-13-11-24(12-14-25)21-10-9-18(16(2)26)15-20(21)23/h4-10,15,19H,3,11-14H2,1-2H3/t19-/m0/s1. The third-order valence-electron chi connectivity index (χ3n) is 5.19. The molecule has 0 saturated carbocycles. The largest absolute Gasteiger partial charge is 0.366 e. The minimum absolute atomic E-state index is 0.135. The van der Waals surface area contributed by atoms with Crippen molar-refractivity contribution in [3.05, 3.63) is 65.5 Å². The van der Waals surface area contributed by atoms with Gasteiger partial charge in [-0.1, -0.05) is 37.3 Å². The summed E-state index contributed by atoms with van der Waals surface area (Å²) in [4.78, 5) is 28.2. The molecule has 1 saturated heterocycles. The summed E-state index contributed by atoms with van der Waals surface area (Å²) in [6, 6.07) is 14.4. The van der Waals surface area contributed by atoms with Gasteiger partial charge in [0.15, 0.2) is 5.78 Å². The van der Waals surface area contributed by atoms with Crippen LogP contribution < -0.4 is 4.90 Å². The number of anilines is 1. The normalized spacial score (nSPS) is 15.5. The van der Waals surface area contributed by atoms with Crippen molar-refractivity contribution in [3.8, 4) is 0 Å². The van der Waals surface area contributed by atoms with Crippen molar-refractivity contribution in [1.29, 1.82) is 0 Å². The maximum Gasteiger partial charge on any atom is 0.230 e. The number of ketones is 1. The Morgan fingerprint density at radius 3 is 2.26 bits per heavy atom. The molecule has 1 aliphatic rings. The first-order valence-electron chi connectivity index (χ1n) is 9.40. The number of halogens is 1. The molecule has 0 N–H and O–H groups in total. The molecule has 1 aliphatic heterocycles. The van der Waals surface area contributed by atoms with E-state index in [9.17, 15) is 14.0 Å². The summed E-state index contributed by atoms with van der Waals surface area (Å²) in [6.45, 7) is 5.74. The van der Waals surface area contributed by atoms with Crippen LogP contribution in [0.1, 0.15) is 42.1 Å². The molecule has 4 nitrogen and oxygen atoms in total. The summed E-state index contributed by atoms with van der Waals surface area (Å²) in [7, 11) is 0. The number of hydrogen-bond acceptors (Lipinski definition) is 3. The van der Waals surface area contributed by atoms with Crippen LogP contribution in [0.3, 0.4) is 0 Å². The second kappa shape index (κ2) is 8.33. The summed E-state index contributed by atoms with van der Waals surface area (Å²) < 4.78 is 14.4. The molecule has 3 rings (SSSR count). The van der Waals surface area contributed by atoms with Crippen molar-refractivity contribution < 1.29 is 14.0 Å². The van der Waals surface area contributed by atoms with Gasteiger partial charge in [0.2, 0.25) is 5.91 Å². The zero-order chi connectivity index (χ0) is 19.4. The molecular weight excluding hydrogens is 343 g/mol. The molecule has 1 heterocycles. The monoisotopic (exact) mass is 368 g/mol. The van der Waals surface area contributed by atoms with Gasteiger partial charge in [0.05, 0.1) is 11.6 Å². The molecule has 0 unspecified atom stereocenters. The Labute approximate surface area is 159 Å². The van der Waals surface area contributed by atoms with Crippen molar-refractivity contribution >= 4 is 17.4 Å². The molecule has 5 heteroatoms. The SMILES string of the molecule is CC[C@H](C(=O)N1CCN(c2ccc(C(C)=O)cc2F)CC1)c1ccccc1. The molecule has 1 atom stereocenters. The molecule has 0 aliphatic carbocycles. The van der Waals surface area contributed by atoms with Gasteiger partial charge in [-0.15, -0.1) is 0 Å². The fraction of sp³-hybridized carbons (Fsp3) is 0.364. The molecule has 0 bridgehead atoms. The van der Waals surface area contributed by atoms with E-state index in [1.807, 2.05) is 47.1 Å². The minimum atomic E-state index is -0.391. The first kappa shape index (κ1) is 19.1. The first-order chi connectivity index (χ1) is 13.0. The lowest BCUT2D eigenvalue weighted by Gasteiger charge is -2.37. The summed E-state index contributed by atoms with van der Waals surface area (Å²) in [6.07, 6.45) is 0.754. The van der Waals surface area contributed by atoms with Crippen LogP contribution in [0.5, 0.6) is 0 Å². The molecule has 2 aromatic rings. The molecule has 0 aromatic heterocycles. The minimum Gasteiger partial charge on any atom is -0.366 e. The van der Waals surface area contributed by atoms with E-state index < -0.39 is 5.82 Å². The molecular formula is C22H25FN2O2. The van der Waals surface area contributed by atoms with Gasteiger partial charge < -0.3 is 9.80 Å². The van der Waals surface area contributed by atoms with Crippen molar-refractivity contribution in [1.82, 2.24) is 4.90 Å². The molecule has 0 radical (unpaired) electrons. The first-order valence-corrected chi connectivity index (χ1v) is 9.40. The predicted octanol–water partition coefficient (Wildman–Crippen LogP) is 3.87. The van der Waals surface area contributed by atoms with Crippen LogP contribution in [0.2, 0.25) is 0 Å². The van der Waals surface area contributed by atoms with Gasteiger partial charge in [-0.05, 0) is 37.1 Å². The summed E-state index contributed by atoms with van der Waals surface area (Å²) in [5.41, 5.74) is 1.90. The highest BCUT2D eigenvalue weighted by Gasteiger charge is 2.28. The third-order valence-corrected chi connectivity index (χ3v) is 5.19. The van der Waals surface area contributed by atoms with E-state index in [0.29, 0.717) is 37.4 Å². The smallest absolute Gasteiger partial charge is 0.230 e. The van der Waals surface area contributed by atoms with Gasteiger partial charge in [0, 0.05) is 31.7 Å². The van der Waals surface area contributed by atoms with Crippen LogP contribution in [-0.2, 0) is 4.79 Å². The predicted molar refractivity (Wildman–Crippen MR) is 105 cm³/mol. The second-order valence-electron chi connectivity index (χ2n) is 6.91. The summed E-state index contributed by atoms with van der Waals surface area (Å²) in [5, 5.41) is 0. The fourth-order valence-electron chi connectivity index (χ4n) is 3.61. The lowest BCUT2D eigenvalue weighted by Crippen LogP contribution is -2.50. The highest BCUT2D eigenvalue weighted by Crippen LogP contribution is 2.25. The molecule has 2 aromatic carbocycles. The number of nitrogens with zero attached hydrogens (tertiary/aromatic N) is 2. The fourth-order valence-corrected chi connectivity index (χ4v) is 3.61. The third kappa shape index (κ3) is 4.18. The van der Waals surface area contributed by atoms with Gasteiger partial charge in [0.1, 0.15) is 5.82 Å². The Hall–Kier alpha value is -2.69. The number of carbonyl (C=O) groups excluding carboxylic acids is 2. The Bertz CT molecular complexity index is 814. The quantitative estimate of drug-likeness (QED) is 0.752. The van der Waals surface area contributed by atoms with E-state index in [4.69, 9.17) is 0 Å². The van der Waals surface area contributed by atoms with Gasteiger partial charge in [0.25, 0.3) is 0 Å². The van der Waals surface area contributed by atoms with E-state index in [1.54, 1.807) is 12.1 Å². The van der Waals surface area contributed by atoms with Crippen LogP contribution in [0.15, 0.2) is 48.5 Å². The van der Waals surface area contributed by atoms with Crippen LogP contribution in [0.25, 0.3) is 0 Å². The number of amides is 1. The van der Waals surface area contributed by atoms with Crippen LogP contribution in [-0.4, -0.2) is 42.8 Å². The van der Waals surface area contributed by atoms with Crippen molar-refractivity contribution in [2.45, 2.75) is 26.2 Å². The van der Waals surface area contributed by atoms with E-state index >= 15 is 0 Å².